The Morgan fingerprint density at radius 1 is 1.40 bits per heavy atom. The summed E-state index contributed by atoms with van der Waals surface area (Å²) in [7, 11) is 1.40. The molecule has 0 spiro atoms. The highest BCUT2D eigenvalue weighted by atomic mass is 16.5. The molecule has 0 aliphatic carbocycles. The summed E-state index contributed by atoms with van der Waals surface area (Å²) in [5, 5.41) is 0. The van der Waals surface area contributed by atoms with Crippen LogP contribution in [-0.2, 0) is 9.53 Å². The van der Waals surface area contributed by atoms with Crippen molar-refractivity contribution in [2.45, 2.75) is 58.4 Å². The van der Waals surface area contributed by atoms with Crippen LogP contribution >= 0.6 is 0 Å². The van der Waals surface area contributed by atoms with E-state index in [1.807, 2.05) is 0 Å². The Kier molecular flexibility index (Phi) is 8.38. The van der Waals surface area contributed by atoms with Crippen LogP contribution in [0.15, 0.2) is 0 Å². The van der Waals surface area contributed by atoms with Gasteiger partial charge in [0.15, 0.2) is 0 Å². The van der Waals surface area contributed by atoms with Gasteiger partial charge in [-0.3, -0.25) is 4.79 Å². The molecule has 0 aromatic carbocycles. The van der Waals surface area contributed by atoms with Crippen LogP contribution in [0.3, 0.4) is 0 Å². The molecule has 0 fully saturated rings. The average molecular weight is 215 g/mol. The van der Waals surface area contributed by atoms with Crippen molar-refractivity contribution >= 4 is 5.97 Å². The van der Waals surface area contributed by atoms with Gasteiger partial charge >= 0.3 is 5.97 Å². The quantitative estimate of drug-likeness (QED) is 0.500. The smallest absolute Gasteiger partial charge is 0.307 e. The lowest BCUT2D eigenvalue weighted by Crippen LogP contribution is -2.26. The summed E-state index contributed by atoms with van der Waals surface area (Å²) in [5.41, 5.74) is 5.85. The Labute approximate surface area is 93.4 Å². The molecule has 0 radical (unpaired) electrons. The number of hydrogen-bond donors (Lipinski definition) is 1. The Balaban J connectivity index is 3.56. The van der Waals surface area contributed by atoms with Crippen molar-refractivity contribution in [3.63, 3.8) is 0 Å². The minimum atomic E-state index is -0.205. The summed E-state index contributed by atoms with van der Waals surface area (Å²) >= 11 is 0. The second-order valence-electron chi connectivity index (χ2n) is 4.38. The van der Waals surface area contributed by atoms with Crippen LogP contribution in [0.25, 0.3) is 0 Å². The molecular weight excluding hydrogens is 190 g/mol. The van der Waals surface area contributed by atoms with Crippen LogP contribution in [0.4, 0.5) is 0 Å². The molecule has 0 rings (SSSR count). The van der Waals surface area contributed by atoms with Crippen LogP contribution in [0.1, 0.15) is 52.4 Å². The van der Waals surface area contributed by atoms with Gasteiger partial charge in [0.2, 0.25) is 0 Å². The van der Waals surface area contributed by atoms with Crippen molar-refractivity contribution in [2.75, 3.05) is 7.11 Å². The van der Waals surface area contributed by atoms with Crippen molar-refractivity contribution in [1.82, 2.24) is 0 Å². The van der Waals surface area contributed by atoms with E-state index in [9.17, 15) is 4.79 Å². The zero-order valence-electron chi connectivity index (χ0n) is 10.3. The summed E-state index contributed by atoms with van der Waals surface area (Å²) in [6, 6.07) is -0.0472. The third-order valence-electron chi connectivity index (χ3n) is 2.66. The number of ether oxygens (including phenoxy) is 1. The number of esters is 1. The topological polar surface area (TPSA) is 52.3 Å². The number of carbonyl (C=O) groups is 1. The summed E-state index contributed by atoms with van der Waals surface area (Å²) < 4.78 is 4.58. The Morgan fingerprint density at radius 3 is 2.60 bits per heavy atom. The second-order valence-corrected chi connectivity index (χ2v) is 4.38. The van der Waals surface area contributed by atoms with Gasteiger partial charge in [-0.25, -0.2) is 0 Å². The van der Waals surface area contributed by atoms with E-state index in [-0.39, 0.29) is 12.0 Å². The number of unbranched alkanes of at least 4 members (excludes halogenated alkanes) is 2. The van der Waals surface area contributed by atoms with Gasteiger partial charge in [0.05, 0.1) is 13.5 Å². The third-order valence-corrected chi connectivity index (χ3v) is 2.66. The van der Waals surface area contributed by atoms with Crippen molar-refractivity contribution in [1.29, 1.82) is 0 Å². The fourth-order valence-corrected chi connectivity index (χ4v) is 1.76. The van der Waals surface area contributed by atoms with Crippen LogP contribution in [0.5, 0.6) is 0 Å². The number of rotatable bonds is 8. The zero-order valence-corrected chi connectivity index (χ0v) is 10.3. The first-order valence-corrected chi connectivity index (χ1v) is 5.92. The van der Waals surface area contributed by atoms with Crippen LogP contribution in [-0.4, -0.2) is 19.1 Å². The molecule has 15 heavy (non-hydrogen) atoms. The largest absolute Gasteiger partial charge is 0.469 e. The molecule has 2 atom stereocenters. The summed E-state index contributed by atoms with van der Waals surface area (Å²) in [4.78, 5) is 11.0. The minimum absolute atomic E-state index is 0.0472. The molecule has 2 N–H and O–H groups in total. The lowest BCUT2D eigenvalue weighted by atomic mass is 9.95. The van der Waals surface area contributed by atoms with E-state index >= 15 is 0 Å². The number of carbonyl (C=O) groups excluding carboxylic acids is 1. The average Bonchev–Trinajstić information content (AvgIpc) is 2.17. The Morgan fingerprint density at radius 2 is 2.07 bits per heavy atom. The first kappa shape index (κ1) is 14.4. The molecule has 0 heterocycles. The Bertz CT molecular complexity index is 171. The lowest BCUT2D eigenvalue weighted by molar-refractivity contribution is -0.141. The van der Waals surface area contributed by atoms with Crippen molar-refractivity contribution in [3.05, 3.63) is 0 Å². The van der Waals surface area contributed by atoms with E-state index in [2.05, 4.69) is 18.6 Å². The summed E-state index contributed by atoms with van der Waals surface area (Å²) in [5.74, 6) is 0.402. The molecule has 0 aromatic rings. The molecule has 0 aliphatic heterocycles. The van der Waals surface area contributed by atoms with Gasteiger partial charge in [0, 0.05) is 6.04 Å². The van der Waals surface area contributed by atoms with Crippen LogP contribution in [0.2, 0.25) is 0 Å². The van der Waals surface area contributed by atoms with Gasteiger partial charge in [0.1, 0.15) is 0 Å². The molecule has 3 heteroatoms. The second kappa shape index (κ2) is 8.72. The maximum atomic E-state index is 11.0. The number of nitrogens with two attached hydrogens (primary N) is 1. The molecule has 0 amide bonds. The van der Waals surface area contributed by atoms with Gasteiger partial charge in [-0.1, -0.05) is 39.5 Å². The van der Waals surface area contributed by atoms with Gasteiger partial charge in [-0.15, -0.1) is 0 Å². The highest BCUT2D eigenvalue weighted by molar-refractivity contribution is 5.69. The predicted molar refractivity (Wildman–Crippen MR) is 62.5 cm³/mol. The molecule has 0 aromatic heterocycles. The molecule has 0 saturated heterocycles. The van der Waals surface area contributed by atoms with Gasteiger partial charge in [0.25, 0.3) is 0 Å². The predicted octanol–water partition coefficient (Wildman–Crippen LogP) is 2.48. The molecule has 2 unspecified atom stereocenters. The maximum absolute atomic E-state index is 11.0. The third kappa shape index (κ3) is 8.43. The molecule has 0 bridgehead atoms. The zero-order chi connectivity index (χ0) is 11.7. The van der Waals surface area contributed by atoms with Crippen molar-refractivity contribution in [3.8, 4) is 0 Å². The van der Waals surface area contributed by atoms with E-state index in [0.29, 0.717) is 12.3 Å². The molecule has 0 aliphatic rings. The standard InChI is InChI=1S/C12H25NO2/c1-4-5-6-7-10(2)8-11(13)9-12(14)15-3/h10-11H,4-9,13H2,1-3H3. The SMILES string of the molecule is CCCCCC(C)CC(N)CC(=O)OC. The van der Waals surface area contributed by atoms with Crippen molar-refractivity contribution in [2.24, 2.45) is 11.7 Å². The van der Waals surface area contributed by atoms with Crippen LogP contribution < -0.4 is 5.73 Å². The van der Waals surface area contributed by atoms with Crippen LogP contribution in [0, 0.1) is 5.92 Å². The van der Waals surface area contributed by atoms with E-state index in [1.54, 1.807) is 0 Å². The van der Waals surface area contributed by atoms with Gasteiger partial charge in [-0.05, 0) is 12.3 Å². The van der Waals surface area contributed by atoms with E-state index in [4.69, 9.17) is 5.73 Å². The fraction of sp³-hybridized carbons (Fsp3) is 0.917. The van der Waals surface area contributed by atoms with E-state index in [0.717, 1.165) is 6.42 Å². The summed E-state index contributed by atoms with van der Waals surface area (Å²) in [6.45, 7) is 4.40. The molecule has 90 valence electrons. The monoisotopic (exact) mass is 215 g/mol. The highest BCUT2D eigenvalue weighted by Gasteiger charge is 2.13. The normalized spacial score (nSPS) is 14.7. The highest BCUT2D eigenvalue weighted by Crippen LogP contribution is 2.15. The number of hydrogen-bond acceptors (Lipinski definition) is 3. The molecule has 3 nitrogen and oxygen atoms in total. The maximum Gasteiger partial charge on any atom is 0.307 e. The first-order chi connectivity index (χ1) is 7.10. The molecular formula is C12H25NO2. The minimum Gasteiger partial charge on any atom is -0.469 e. The van der Waals surface area contributed by atoms with Gasteiger partial charge < -0.3 is 10.5 Å². The summed E-state index contributed by atoms with van der Waals surface area (Å²) in [6.07, 6.45) is 6.27. The van der Waals surface area contributed by atoms with E-state index in [1.165, 1.54) is 32.8 Å². The fourth-order valence-electron chi connectivity index (χ4n) is 1.76. The first-order valence-electron chi connectivity index (χ1n) is 5.92. The Hall–Kier alpha value is -0.570. The van der Waals surface area contributed by atoms with Crippen molar-refractivity contribution < 1.29 is 9.53 Å². The van der Waals surface area contributed by atoms with E-state index < -0.39 is 0 Å². The number of methoxy groups -OCH3 is 1. The van der Waals surface area contributed by atoms with Gasteiger partial charge in [-0.2, -0.15) is 0 Å². The lowest BCUT2D eigenvalue weighted by Gasteiger charge is -2.16. The molecule has 0 saturated carbocycles.